The summed E-state index contributed by atoms with van der Waals surface area (Å²) in [6.45, 7) is 1.44. The lowest BCUT2D eigenvalue weighted by molar-refractivity contribution is 0.0646. The Hall–Kier alpha value is -1.85. The number of carbonyl (C=O) groups excluding carboxylic acids is 1. The van der Waals surface area contributed by atoms with Gasteiger partial charge in [0.15, 0.2) is 0 Å². The number of carboxylic acids is 1. The molecule has 1 heterocycles. The molecular formula is C6H6N2O4. The Kier molecular flexibility index (Phi) is 1.82. The summed E-state index contributed by atoms with van der Waals surface area (Å²) in [4.78, 5) is 21.1. The van der Waals surface area contributed by atoms with E-state index in [-0.39, 0.29) is 11.3 Å². The Morgan fingerprint density at radius 1 is 1.58 bits per heavy atom. The SMILES string of the molecule is Cc1noc(C(=O)O)c1C(N)=O. The number of rotatable bonds is 2. The minimum Gasteiger partial charge on any atom is -0.475 e. The number of amides is 1. The van der Waals surface area contributed by atoms with Crippen molar-refractivity contribution in [2.45, 2.75) is 6.92 Å². The number of aromatic nitrogens is 1. The number of nitrogens with two attached hydrogens (primary N) is 1. The van der Waals surface area contributed by atoms with Gasteiger partial charge in [0, 0.05) is 0 Å². The fraction of sp³-hybridized carbons (Fsp3) is 0.167. The molecular weight excluding hydrogens is 164 g/mol. The molecule has 6 nitrogen and oxygen atoms in total. The third-order valence-electron chi connectivity index (χ3n) is 1.30. The average molecular weight is 170 g/mol. The lowest BCUT2D eigenvalue weighted by Crippen LogP contribution is -2.15. The van der Waals surface area contributed by atoms with Crippen LogP contribution in [0.3, 0.4) is 0 Å². The zero-order valence-electron chi connectivity index (χ0n) is 6.20. The highest BCUT2D eigenvalue weighted by molar-refractivity contribution is 6.03. The number of hydrogen-bond acceptors (Lipinski definition) is 4. The summed E-state index contributed by atoms with van der Waals surface area (Å²) in [6, 6.07) is 0. The summed E-state index contributed by atoms with van der Waals surface area (Å²) in [5.41, 5.74) is 4.90. The number of primary amides is 1. The Morgan fingerprint density at radius 3 is 2.50 bits per heavy atom. The predicted octanol–water partition coefficient (Wildman–Crippen LogP) is -0.220. The standard InChI is InChI=1S/C6H6N2O4/c1-2-3(5(7)9)4(6(10)11)12-8-2/h1H3,(H2,7,9)(H,10,11). The Morgan fingerprint density at radius 2 is 2.17 bits per heavy atom. The van der Waals surface area contributed by atoms with Crippen LogP contribution in [0.4, 0.5) is 0 Å². The van der Waals surface area contributed by atoms with Gasteiger partial charge >= 0.3 is 5.97 Å². The predicted molar refractivity (Wildman–Crippen MR) is 36.7 cm³/mol. The van der Waals surface area contributed by atoms with Crippen LogP contribution in [0.15, 0.2) is 4.52 Å². The van der Waals surface area contributed by atoms with Crippen molar-refractivity contribution in [3.05, 3.63) is 17.0 Å². The van der Waals surface area contributed by atoms with E-state index in [9.17, 15) is 9.59 Å². The van der Waals surface area contributed by atoms with Crippen LogP contribution < -0.4 is 5.73 Å². The molecule has 64 valence electrons. The van der Waals surface area contributed by atoms with Crippen molar-refractivity contribution in [3.8, 4) is 0 Å². The second kappa shape index (κ2) is 2.65. The second-order valence-electron chi connectivity index (χ2n) is 2.14. The Balaban J connectivity index is 3.31. The van der Waals surface area contributed by atoms with Crippen molar-refractivity contribution in [1.82, 2.24) is 5.16 Å². The summed E-state index contributed by atoms with van der Waals surface area (Å²) in [7, 11) is 0. The molecule has 1 amide bonds. The van der Waals surface area contributed by atoms with Crippen LogP contribution in [-0.4, -0.2) is 22.1 Å². The fourth-order valence-electron chi connectivity index (χ4n) is 0.806. The summed E-state index contributed by atoms with van der Waals surface area (Å²) in [5.74, 6) is -2.73. The largest absolute Gasteiger partial charge is 0.475 e. The van der Waals surface area contributed by atoms with Gasteiger partial charge in [0.2, 0.25) is 0 Å². The van der Waals surface area contributed by atoms with Crippen LogP contribution in [-0.2, 0) is 0 Å². The van der Waals surface area contributed by atoms with Crippen molar-refractivity contribution in [2.24, 2.45) is 5.73 Å². The molecule has 0 atom stereocenters. The molecule has 6 heteroatoms. The monoisotopic (exact) mass is 170 g/mol. The Labute approximate surface area is 66.9 Å². The van der Waals surface area contributed by atoms with E-state index < -0.39 is 17.6 Å². The van der Waals surface area contributed by atoms with E-state index in [1.807, 2.05) is 0 Å². The molecule has 12 heavy (non-hydrogen) atoms. The number of hydrogen-bond donors (Lipinski definition) is 2. The van der Waals surface area contributed by atoms with Crippen molar-refractivity contribution in [3.63, 3.8) is 0 Å². The third kappa shape index (κ3) is 1.14. The molecule has 1 aromatic heterocycles. The molecule has 0 saturated heterocycles. The summed E-state index contributed by atoms with van der Waals surface area (Å²) >= 11 is 0. The third-order valence-corrected chi connectivity index (χ3v) is 1.30. The number of carboxylic acid groups (broad SMARTS) is 1. The van der Waals surface area contributed by atoms with Gasteiger partial charge < -0.3 is 15.4 Å². The smallest absolute Gasteiger partial charge is 0.375 e. The molecule has 0 fully saturated rings. The molecule has 1 rings (SSSR count). The maximum absolute atomic E-state index is 10.7. The van der Waals surface area contributed by atoms with Crippen LogP contribution >= 0.6 is 0 Å². The first-order chi connectivity index (χ1) is 5.54. The van der Waals surface area contributed by atoms with Crippen molar-refractivity contribution >= 4 is 11.9 Å². The van der Waals surface area contributed by atoms with Crippen LogP contribution in [0.2, 0.25) is 0 Å². The van der Waals surface area contributed by atoms with Crippen molar-refractivity contribution in [1.29, 1.82) is 0 Å². The van der Waals surface area contributed by atoms with Crippen LogP contribution in [0, 0.1) is 6.92 Å². The highest BCUT2D eigenvalue weighted by Gasteiger charge is 2.23. The van der Waals surface area contributed by atoms with Crippen molar-refractivity contribution < 1.29 is 19.2 Å². The first-order valence-electron chi connectivity index (χ1n) is 3.03. The minimum absolute atomic E-state index is 0.178. The normalized spacial score (nSPS) is 9.75. The van der Waals surface area contributed by atoms with E-state index in [2.05, 4.69) is 9.68 Å². The van der Waals surface area contributed by atoms with Crippen LogP contribution in [0.25, 0.3) is 0 Å². The average Bonchev–Trinajstić information content (AvgIpc) is 2.30. The molecule has 1 aromatic rings. The van der Waals surface area contributed by atoms with Crippen molar-refractivity contribution in [2.75, 3.05) is 0 Å². The zero-order valence-corrected chi connectivity index (χ0v) is 6.20. The van der Waals surface area contributed by atoms with Crippen LogP contribution in [0.1, 0.15) is 26.6 Å². The number of nitrogens with zero attached hydrogens (tertiary/aromatic N) is 1. The molecule has 0 unspecified atom stereocenters. The number of carbonyl (C=O) groups is 2. The van der Waals surface area contributed by atoms with Gasteiger partial charge in [0.05, 0.1) is 5.69 Å². The maximum atomic E-state index is 10.7. The van der Waals surface area contributed by atoms with Crippen LogP contribution in [0.5, 0.6) is 0 Å². The van der Waals surface area contributed by atoms with E-state index in [0.29, 0.717) is 0 Å². The molecule has 0 radical (unpaired) electrons. The molecule has 0 bridgehead atoms. The summed E-state index contributed by atoms with van der Waals surface area (Å²) in [6.07, 6.45) is 0. The lowest BCUT2D eigenvalue weighted by atomic mass is 10.2. The number of aromatic carboxylic acids is 1. The number of aryl methyl sites for hydroxylation is 1. The highest BCUT2D eigenvalue weighted by atomic mass is 16.5. The van der Waals surface area contributed by atoms with E-state index >= 15 is 0 Å². The molecule has 0 spiro atoms. The minimum atomic E-state index is -1.36. The molecule has 3 N–H and O–H groups in total. The zero-order chi connectivity index (χ0) is 9.30. The topological polar surface area (TPSA) is 106 Å². The lowest BCUT2D eigenvalue weighted by Gasteiger charge is -1.90. The Bertz CT molecular complexity index is 341. The van der Waals surface area contributed by atoms with Gasteiger partial charge in [0.25, 0.3) is 11.7 Å². The van der Waals surface area contributed by atoms with E-state index in [4.69, 9.17) is 10.8 Å². The first kappa shape index (κ1) is 8.25. The maximum Gasteiger partial charge on any atom is 0.375 e. The molecule has 0 aliphatic rings. The molecule has 0 aromatic carbocycles. The first-order valence-corrected chi connectivity index (χ1v) is 3.03. The molecule has 0 saturated carbocycles. The van der Waals surface area contributed by atoms with Gasteiger partial charge in [-0.05, 0) is 6.92 Å². The second-order valence-corrected chi connectivity index (χ2v) is 2.14. The van der Waals surface area contributed by atoms with E-state index in [1.54, 1.807) is 0 Å². The van der Waals surface area contributed by atoms with Gasteiger partial charge in [-0.1, -0.05) is 5.16 Å². The van der Waals surface area contributed by atoms with E-state index in [0.717, 1.165) is 0 Å². The van der Waals surface area contributed by atoms with E-state index in [1.165, 1.54) is 6.92 Å². The molecule has 0 aliphatic heterocycles. The van der Waals surface area contributed by atoms with Gasteiger partial charge in [-0.25, -0.2) is 4.79 Å². The van der Waals surface area contributed by atoms with Gasteiger partial charge in [-0.3, -0.25) is 4.79 Å². The highest BCUT2D eigenvalue weighted by Crippen LogP contribution is 2.11. The quantitative estimate of drug-likeness (QED) is 0.638. The molecule has 0 aliphatic carbocycles. The summed E-state index contributed by atoms with van der Waals surface area (Å²) in [5, 5.41) is 11.8. The fourth-order valence-corrected chi connectivity index (χ4v) is 0.806. The van der Waals surface area contributed by atoms with Gasteiger partial charge in [0.1, 0.15) is 5.56 Å². The summed E-state index contributed by atoms with van der Waals surface area (Å²) < 4.78 is 4.37. The van der Waals surface area contributed by atoms with Gasteiger partial charge in [-0.2, -0.15) is 0 Å². The van der Waals surface area contributed by atoms with Gasteiger partial charge in [-0.15, -0.1) is 0 Å².